The van der Waals surface area contributed by atoms with Gasteiger partial charge in [-0.25, -0.2) is 8.78 Å². The molecule has 2 aromatic carbocycles. The average Bonchev–Trinajstić information content (AvgIpc) is 2.44. The Bertz CT molecular complexity index is 737. The summed E-state index contributed by atoms with van der Waals surface area (Å²) in [7, 11) is 0. The Morgan fingerprint density at radius 2 is 1.86 bits per heavy atom. The lowest BCUT2D eigenvalue weighted by molar-refractivity contribution is 0.623. The number of hydrogen-bond donors (Lipinski definition) is 1. The van der Waals surface area contributed by atoms with E-state index in [4.69, 9.17) is 5.26 Å². The van der Waals surface area contributed by atoms with Gasteiger partial charge in [0.05, 0.1) is 11.6 Å². The molecule has 0 aliphatic rings. The van der Waals surface area contributed by atoms with Crippen LogP contribution in [0, 0.1) is 41.2 Å². The lowest BCUT2D eigenvalue weighted by atomic mass is 10.0. The van der Waals surface area contributed by atoms with E-state index < -0.39 is 17.7 Å². The van der Waals surface area contributed by atoms with Gasteiger partial charge in [-0.05, 0) is 48.4 Å². The van der Waals surface area contributed by atoms with Gasteiger partial charge in [-0.15, -0.1) is 0 Å². The first-order valence-corrected chi connectivity index (χ1v) is 6.16. The van der Waals surface area contributed by atoms with Crippen LogP contribution in [0.15, 0.2) is 36.4 Å². The number of anilines is 1. The summed E-state index contributed by atoms with van der Waals surface area (Å²) in [5.41, 5.74) is 1.47. The van der Waals surface area contributed by atoms with Gasteiger partial charge in [-0.3, -0.25) is 0 Å². The van der Waals surface area contributed by atoms with Crippen LogP contribution in [0.1, 0.15) is 22.7 Å². The fourth-order valence-corrected chi connectivity index (χ4v) is 1.98. The lowest BCUT2D eigenvalue weighted by Gasteiger charge is -2.14. The molecule has 0 bridgehead atoms. The van der Waals surface area contributed by atoms with E-state index in [0.717, 1.165) is 6.07 Å². The van der Waals surface area contributed by atoms with Gasteiger partial charge in [0.25, 0.3) is 0 Å². The van der Waals surface area contributed by atoms with Gasteiger partial charge in [-0.2, -0.15) is 10.5 Å². The SMILES string of the molecule is Cc1cc(F)cc(NC(C#N)c2ccc(F)c(C#N)c2)c1. The molecule has 3 nitrogen and oxygen atoms in total. The van der Waals surface area contributed by atoms with E-state index in [1.807, 2.05) is 6.07 Å². The largest absolute Gasteiger partial charge is 0.366 e. The second kappa shape index (κ2) is 6.02. The summed E-state index contributed by atoms with van der Waals surface area (Å²) >= 11 is 0. The molecule has 0 aliphatic carbocycles. The molecule has 2 rings (SSSR count). The summed E-state index contributed by atoms with van der Waals surface area (Å²) in [5.74, 6) is -1.05. The lowest BCUT2D eigenvalue weighted by Crippen LogP contribution is -2.09. The molecule has 0 saturated heterocycles. The zero-order chi connectivity index (χ0) is 15.4. The predicted molar refractivity (Wildman–Crippen MR) is 74.2 cm³/mol. The number of rotatable bonds is 3. The van der Waals surface area contributed by atoms with E-state index in [2.05, 4.69) is 5.32 Å². The predicted octanol–water partition coefficient (Wildman–Crippen LogP) is 3.82. The number of nitrogens with zero attached hydrogens (tertiary/aromatic N) is 2. The Labute approximate surface area is 121 Å². The van der Waals surface area contributed by atoms with Crippen molar-refractivity contribution in [3.05, 3.63) is 64.7 Å². The van der Waals surface area contributed by atoms with Gasteiger partial charge in [0.15, 0.2) is 0 Å². The number of halogens is 2. The molecule has 21 heavy (non-hydrogen) atoms. The molecule has 2 aromatic rings. The van der Waals surface area contributed by atoms with Crippen LogP contribution in [-0.4, -0.2) is 0 Å². The van der Waals surface area contributed by atoms with Gasteiger partial charge in [-0.1, -0.05) is 6.07 Å². The van der Waals surface area contributed by atoms with Crippen LogP contribution in [0.2, 0.25) is 0 Å². The molecule has 0 aliphatic heterocycles. The van der Waals surface area contributed by atoms with Gasteiger partial charge in [0.2, 0.25) is 0 Å². The third-order valence-corrected chi connectivity index (χ3v) is 2.93. The van der Waals surface area contributed by atoms with E-state index in [0.29, 0.717) is 16.8 Å². The van der Waals surface area contributed by atoms with Crippen molar-refractivity contribution >= 4 is 5.69 Å². The molecule has 0 fully saturated rings. The number of benzene rings is 2. The molecular weight excluding hydrogens is 272 g/mol. The molecule has 0 heterocycles. The highest BCUT2D eigenvalue weighted by molar-refractivity contribution is 5.50. The van der Waals surface area contributed by atoms with E-state index in [1.54, 1.807) is 19.1 Å². The Balaban J connectivity index is 2.33. The molecule has 0 amide bonds. The molecule has 0 saturated carbocycles. The zero-order valence-electron chi connectivity index (χ0n) is 11.2. The van der Waals surface area contributed by atoms with Crippen molar-refractivity contribution in [2.45, 2.75) is 13.0 Å². The van der Waals surface area contributed by atoms with Crippen molar-refractivity contribution in [1.29, 1.82) is 10.5 Å². The second-order valence-corrected chi connectivity index (χ2v) is 4.57. The maximum Gasteiger partial charge on any atom is 0.140 e. The van der Waals surface area contributed by atoms with E-state index in [1.165, 1.54) is 24.3 Å². The Kier molecular flexibility index (Phi) is 4.15. The fraction of sp³-hybridized carbons (Fsp3) is 0.125. The van der Waals surface area contributed by atoms with Gasteiger partial charge >= 0.3 is 0 Å². The van der Waals surface area contributed by atoms with Crippen molar-refractivity contribution in [2.75, 3.05) is 5.32 Å². The van der Waals surface area contributed by atoms with Crippen LogP contribution < -0.4 is 5.32 Å². The third kappa shape index (κ3) is 3.34. The summed E-state index contributed by atoms with van der Waals surface area (Å²) < 4.78 is 26.6. The quantitative estimate of drug-likeness (QED) is 0.931. The van der Waals surface area contributed by atoms with E-state index >= 15 is 0 Å². The minimum Gasteiger partial charge on any atom is -0.366 e. The topological polar surface area (TPSA) is 59.6 Å². The third-order valence-electron chi connectivity index (χ3n) is 2.93. The molecule has 0 spiro atoms. The van der Waals surface area contributed by atoms with Crippen LogP contribution in [0.25, 0.3) is 0 Å². The van der Waals surface area contributed by atoms with Gasteiger partial charge in [0.1, 0.15) is 23.7 Å². The van der Waals surface area contributed by atoms with Crippen LogP contribution >= 0.6 is 0 Å². The highest BCUT2D eigenvalue weighted by Crippen LogP contribution is 2.22. The van der Waals surface area contributed by atoms with Gasteiger partial charge in [0, 0.05) is 5.69 Å². The Hall–Kier alpha value is -2.92. The van der Waals surface area contributed by atoms with Crippen LogP contribution in [0.5, 0.6) is 0 Å². The number of nitrogens with one attached hydrogen (secondary N) is 1. The minimum atomic E-state index is -0.807. The summed E-state index contributed by atoms with van der Waals surface area (Å²) in [6.45, 7) is 1.74. The van der Waals surface area contributed by atoms with Crippen molar-refractivity contribution in [2.24, 2.45) is 0 Å². The first-order chi connectivity index (χ1) is 10.0. The molecular formula is C16H11F2N3. The first-order valence-electron chi connectivity index (χ1n) is 6.16. The molecule has 0 aromatic heterocycles. The number of hydrogen-bond acceptors (Lipinski definition) is 3. The smallest absolute Gasteiger partial charge is 0.140 e. The number of nitriles is 2. The Morgan fingerprint density at radius 1 is 1.10 bits per heavy atom. The first kappa shape index (κ1) is 14.5. The summed E-state index contributed by atoms with van der Waals surface area (Å²) in [4.78, 5) is 0. The van der Waals surface area contributed by atoms with Crippen LogP contribution in [0.3, 0.4) is 0 Å². The molecule has 104 valence electrons. The molecule has 1 N–H and O–H groups in total. The minimum absolute atomic E-state index is 0.134. The molecule has 1 unspecified atom stereocenters. The summed E-state index contributed by atoms with van der Waals surface area (Å²) in [6, 6.07) is 11.1. The summed E-state index contributed by atoms with van der Waals surface area (Å²) in [5, 5.41) is 20.9. The van der Waals surface area contributed by atoms with Crippen LogP contribution in [0.4, 0.5) is 14.5 Å². The highest BCUT2D eigenvalue weighted by atomic mass is 19.1. The van der Waals surface area contributed by atoms with E-state index in [-0.39, 0.29) is 5.56 Å². The normalized spacial score (nSPS) is 11.3. The van der Waals surface area contributed by atoms with E-state index in [9.17, 15) is 14.0 Å². The van der Waals surface area contributed by atoms with Gasteiger partial charge < -0.3 is 5.32 Å². The number of aryl methyl sites for hydroxylation is 1. The van der Waals surface area contributed by atoms with Crippen molar-refractivity contribution in [1.82, 2.24) is 0 Å². The zero-order valence-corrected chi connectivity index (χ0v) is 11.2. The standard InChI is InChI=1S/C16H11F2N3/c1-10-4-13(17)7-14(5-10)21-16(9-20)11-2-3-15(18)12(6-11)8-19/h2-7,16,21H,1H3. The van der Waals surface area contributed by atoms with Crippen LogP contribution in [-0.2, 0) is 0 Å². The molecule has 1 atom stereocenters. The average molecular weight is 283 g/mol. The maximum atomic E-state index is 13.3. The highest BCUT2D eigenvalue weighted by Gasteiger charge is 2.13. The van der Waals surface area contributed by atoms with Crippen molar-refractivity contribution in [3.63, 3.8) is 0 Å². The Morgan fingerprint density at radius 3 is 2.48 bits per heavy atom. The second-order valence-electron chi connectivity index (χ2n) is 4.57. The summed E-state index contributed by atoms with van der Waals surface area (Å²) in [6.07, 6.45) is 0. The molecule has 5 heteroatoms. The maximum absolute atomic E-state index is 13.3. The van der Waals surface area contributed by atoms with Crippen molar-refractivity contribution in [3.8, 4) is 12.1 Å². The fourth-order valence-electron chi connectivity index (χ4n) is 1.98. The molecule has 0 radical (unpaired) electrons. The monoisotopic (exact) mass is 283 g/mol. The van der Waals surface area contributed by atoms with Crippen molar-refractivity contribution < 1.29 is 8.78 Å².